The summed E-state index contributed by atoms with van der Waals surface area (Å²) < 4.78 is 0. The third-order valence-electron chi connectivity index (χ3n) is 4.15. The number of anilines is 1. The van der Waals surface area contributed by atoms with Crippen LogP contribution in [0.3, 0.4) is 0 Å². The number of aromatic nitrogens is 1. The van der Waals surface area contributed by atoms with Gasteiger partial charge >= 0.3 is 0 Å². The molecule has 0 bridgehead atoms. The van der Waals surface area contributed by atoms with Crippen molar-refractivity contribution in [1.29, 1.82) is 5.26 Å². The second-order valence-corrected chi connectivity index (χ2v) is 6.19. The molecule has 1 N–H and O–H groups in total. The first-order valence-electron chi connectivity index (χ1n) is 8.52. The van der Waals surface area contributed by atoms with Gasteiger partial charge in [-0.1, -0.05) is 48.5 Å². The Morgan fingerprint density at radius 3 is 2.64 bits per heavy atom. The van der Waals surface area contributed by atoms with Gasteiger partial charge in [0.2, 0.25) is 0 Å². The molecule has 1 heterocycles. The van der Waals surface area contributed by atoms with Gasteiger partial charge in [-0.05, 0) is 37.7 Å². The molecule has 0 aliphatic rings. The predicted molar refractivity (Wildman–Crippen MR) is 102 cm³/mol. The smallest absolute Gasteiger partial charge is 0.127 e. The fraction of sp³-hybridized carbons (Fsp3) is 0.238. The summed E-state index contributed by atoms with van der Waals surface area (Å²) in [6.45, 7) is 2.78. The summed E-state index contributed by atoms with van der Waals surface area (Å²) in [6, 6.07) is 22.3. The number of nitrogens with one attached hydrogen (secondary N) is 1. The zero-order valence-electron chi connectivity index (χ0n) is 14.4. The van der Waals surface area contributed by atoms with Crippen LogP contribution in [0.15, 0.2) is 60.7 Å². The number of benzene rings is 2. The molecule has 0 fully saturated rings. The van der Waals surface area contributed by atoms with E-state index in [-0.39, 0.29) is 0 Å². The molecule has 126 valence electrons. The van der Waals surface area contributed by atoms with Crippen LogP contribution >= 0.6 is 0 Å². The minimum absolute atomic E-state index is 0.661. The number of hydrogen-bond donors (Lipinski definition) is 1. The first-order chi connectivity index (χ1) is 12.3. The molecule has 4 heteroatoms. The average Bonchev–Trinajstić information content (AvgIpc) is 2.65. The average molecular weight is 330 g/mol. The highest BCUT2D eigenvalue weighted by Crippen LogP contribution is 2.19. The Morgan fingerprint density at radius 2 is 1.84 bits per heavy atom. The van der Waals surface area contributed by atoms with E-state index in [1.165, 1.54) is 5.56 Å². The molecule has 0 spiro atoms. The lowest BCUT2D eigenvalue weighted by Gasteiger charge is -2.17. The maximum atomic E-state index is 9.33. The van der Waals surface area contributed by atoms with Crippen molar-refractivity contribution in [3.63, 3.8) is 0 Å². The van der Waals surface area contributed by atoms with Crippen molar-refractivity contribution in [1.82, 2.24) is 9.88 Å². The van der Waals surface area contributed by atoms with Crippen molar-refractivity contribution in [2.45, 2.75) is 13.0 Å². The van der Waals surface area contributed by atoms with Gasteiger partial charge in [0.1, 0.15) is 5.82 Å². The van der Waals surface area contributed by atoms with Crippen molar-refractivity contribution in [3.05, 3.63) is 71.8 Å². The van der Waals surface area contributed by atoms with E-state index in [2.05, 4.69) is 52.6 Å². The molecule has 2 aromatic carbocycles. The number of para-hydroxylation sites is 1. The molecule has 0 radical (unpaired) electrons. The SMILES string of the molecule is CN(CCCNc1cc(C#N)c2ccccc2n1)Cc1ccccc1. The van der Waals surface area contributed by atoms with E-state index in [4.69, 9.17) is 0 Å². The van der Waals surface area contributed by atoms with Gasteiger partial charge in [-0.3, -0.25) is 0 Å². The van der Waals surface area contributed by atoms with Crippen LogP contribution in [0.25, 0.3) is 10.9 Å². The first kappa shape index (κ1) is 16.9. The Kier molecular flexibility index (Phi) is 5.61. The van der Waals surface area contributed by atoms with Crippen LogP contribution in [-0.4, -0.2) is 30.0 Å². The minimum Gasteiger partial charge on any atom is -0.370 e. The molecule has 0 amide bonds. The number of rotatable bonds is 7. The van der Waals surface area contributed by atoms with E-state index >= 15 is 0 Å². The summed E-state index contributed by atoms with van der Waals surface area (Å²) in [7, 11) is 2.13. The predicted octanol–water partition coefficient (Wildman–Crippen LogP) is 4.04. The van der Waals surface area contributed by atoms with Gasteiger partial charge in [-0.15, -0.1) is 0 Å². The molecule has 0 unspecified atom stereocenters. The van der Waals surface area contributed by atoms with Crippen LogP contribution in [0.2, 0.25) is 0 Å². The van der Waals surface area contributed by atoms with Gasteiger partial charge in [0, 0.05) is 18.5 Å². The molecular weight excluding hydrogens is 308 g/mol. The molecule has 0 saturated carbocycles. The van der Waals surface area contributed by atoms with E-state index in [9.17, 15) is 5.26 Å². The quantitative estimate of drug-likeness (QED) is 0.664. The summed E-state index contributed by atoms with van der Waals surface area (Å²) in [5.41, 5.74) is 2.84. The summed E-state index contributed by atoms with van der Waals surface area (Å²) >= 11 is 0. The van der Waals surface area contributed by atoms with Crippen LogP contribution in [0.4, 0.5) is 5.82 Å². The largest absolute Gasteiger partial charge is 0.370 e. The molecule has 3 rings (SSSR count). The molecule has 0 aliphatic heterocycles. The molecule has 4 nitrogen and oxygen atoms in total. The fourth-order valence-corrected chi connectivity index (χ4v) is 2.90. The van der Waals surface area contributed by atoms with E-state index in [0.29, 0.717) is 5.56 Å². The summed E-state index contributed by atoms with van der Waals surface area (Å²) in [5.74, 6) is 0.765. The molecule has 0 saturated heterocycles. The molecular formula is C21H22N4. The van der Waals surface area contributed by atoms with Crippen LogP contribution in [0.5, 0.6) is 0 Å². The monoisotopic (exact) mass is 330 g/mol. The lowest BCUT2D eigenvalue weighted by Crippen LogP contribution is -2.21. The Bertz CT molecular complexity index is 868. The zero-order valence-corrected chi connectivity index (χ0v) is 14.4. The third-order valence-corrected chi connectivity index (χ3v) is 4.15. The van der Waals surface area contributed by atoms with Gasteiger partial charge in [-0.2, -0.15) is 5.26 Å². The molecule has 0 atom stereocenters. The van der Waals surface area contributed by atoms with E-state index in [1.807, 2.05) is 36.4 Å². The number of pyridine rings is 1. The Balaban J connectivity index is 1.52. The molecule has 1 aromatic heterocycles. The topological polar surface area (TPSA) is 52.0 Å². The van der Waals surface area contributed by atoms with Gasteiger partial charge in [0.25, 0.3) is 0 Å². The number of nitrogens with zero attached hydrogens (tertiary/aromatic N) is 3. The van der Waals surface area contributed by atoms with E-state index in [0.717, 1.165) is 42.8 Å². The van der Waals surface area contributed by atoms with Crippen molar-refractivity contribution in [2.75, 3.05) is 25.5 Å². The van der Waals surface area contributed by atoms with E-state index in [1.54, 1.807) is 0 Å². The standard InChI is InChI=1S/C21H22N4/c1-25(16-17-8-3-2-4-9-17)13-7-12-23-21-14-18(15-22)19-10-5-6-11-20(19)24-21/h2-6,8-11,14H,7,12-13,16H2,1H3,(H,23,24). The maximum Gasteiger partial charge on any atom is 0.127 e. The van der Waals surface area contributed by atoms with E-state index < -0.39 is 0 Å². The van der Waals surface area contributed by atoms with Crippen molar-refractivity contribution >= 4 is 16.7 Å². The van der Waals surface area contributed by atoms with Gasteiger partial charge in [-0.25, -0.2) is 4.98 Å². The van der Waals surface area contributed by atoms with Crippen molar-refractivity contribution in [3.8, 4) is 6.07 Å². The highest BCUT2D eigenvalue weighted by molar-refractivity contribution is 5.86. The first-order valence-corrected chi connectivity index (χ1v) is 8.52. The van der Waals surface area contributed by atoms with Crippen molar-refractivity contribution in [2.24, 2.45) is 0 Å². The van der Waals surface area contributed by atoms with Gasteiger partial charge < -0.3 is 10.2 Å². The van der Waals surface area contributed by atoms with Crippen LogP contribution in [-0.2, 0) is 6.54 Å². The maximum absolute atomic E-state index is 9.33. The van der Waals surface area contributed by atoms with Gasteiger partial charge in [0.15, 0.2) is 0 Å². The highest BCUT2D eigenvalue weighted by atomic mass is 15.1. The molecule has 25 heavy (non-hydrogen) atoms. The van der Waals surface area contributed by atoms with Crippen LogP contribution in [0, 0.1) is 11.3 Å². The Morgan fingerprint density at radius 1 is 1.08 bits per heavy atom. The van der Waals surface area contributed by atoms with Crippen LogP contribution in [0.1, 0.15) is 17.5 Å². The Hall–Kier alpha value is -2.90. The summed E-state index contributed by atoms with van der Waals surface area (Å²) in [5, 5.41) is 13.6. The summed E-state index contributed by atoms with van der Waals surface area (Å²) in [4.78, 5) is 6.90. The normalized spacial score (nSPS) is 10.8. The lowest BCUT2D eigenvalue weighted by atomic mass is 10.1. The molecule has 0 aliphatic carbocycles. The minimum atomic E-state index is 0.661. The Labute approximate surface area is 148 Å². The zero-order chi connectivity index (χ0) is 17.5. The number of hydrogen-bond acceptors (Lipinski definition) is 4. The van der Waals surface area contributed by atoms with Crippen LogP contribution < -0.4 is 5.32 Å². The molecule has 3 aromatic rings. The fourth-order valence-electron chi connectivity index (χ4n) is 2.90. The number of nitriles is 1. The number of fused-ring (bicyclic) bond motifs is 1. The van der Waals surface area contributed by atoms with Crippen molar-refractivity contribution < 1.29 is 0 Å². The van der Waals surface area contributed by atoms with Gasteiger partial charge in [0.05, 0.1) is 17.1 Å². The summed E-state index contributed by atoms with van der Waals surface area (Å²) in [6.07, 6.45) is 1.01. The second-order valence-electron chi connectivity index (χ2n) is 6.19. The lowest BCUT2D eigenvalue weighted by molar-refractivity contribution is 0.325. The highest BCUT2D eigenvalue weighted by Gasteiger charge is 2.05. The third kappa shape index (κ3) is 4.56. The second kappa shape index (κ2) is 8.27.